The summed E-state index contributed by atoms with van der Waals surface area (Å²) < 4.78 is 7.29. The van der Waals surface area contributed by atoms with Crippen LogP contribution in [0, 0.1) is 0 Å². The van der Waals surface area contributed by atoms with Crippen LogP contribution in [0.2, 0.25) is 0 Å². The van der Waals surface area contributed by atoms with Gasteiger partial charge in [-0.05, 0) is 45.8 Å². The first-order chi connectivity index (χ1) is 25.3. The third-order valence-corrected chi connectivity index (χ3v) is 12.9. The van der Waals surface area contributed by atoms with Crippen molar-refractivity contribution in [3.63, 3.8) is 0 Å². The van der Waals surface area contributed by atoms with Crippen LogP contribution >= 0.6 is 22.7 Å². The summed E-state index contributed by atoms with van der Waals surface area (Å²) in [4.78, 5) is 11.2. The summed E-state index contributed by atoms with van der Waals surface area (Å²) in [6, 6.07) is 54.9. The third-order valence-electron chi connectivity index (χ3n) is 10.6. The Balaban J connectivity index is 1.31. The van der Waals surface area contributed by atoms with E-state index >= 15 is 0 Å². The molecule has 0 N–H and O–H groups in total. The number of aromatic nitrogens is 3. The Kier molecular flexibility index (Phi) is 5.53. The van der Waals surface area contributed by atoms with E-state index < -0.39 is 0 Å². The van der Waals surface area contributed by atoms with Gasteiger partial charge in [-0.2, -0.15) is 0 Å². The molecule has 3 nitrogen and oxygen atoms in total. The predicted molar refractivity (Wildman–Crippen MR) is 220 cm³/mol. The van der Waals surface area contributed by atoms with Gasteiger partial charge in [-0.3, -0.25) is 4.57 Å². The molecule has 12 rings (SSSR count). The fraction of sp³-hybridized carbons (Fsp3) is 0. The summed E-state index contributed by atoms with van der Waals surface area (Å²) in [5, 5.41) is 13.6. The summed E-state index contributed by atoms with van der Waals surface area (Å²) >= 11 is 3.67. The molecular weight excluding hydrogens is 659 g/mol. The Bertz CT molecular complexity index is 3440. The van der Waals surface area contributed by atoms with Crippen molar-refractivity contribution in [1.82, 2.24) is 14.5 Å². The van der Waals surface area contributed by atoms with Crippen LogP contribution < -0.4 is 0 Å². The second-order valence-corrected chi connectivity index (χ2v) is 15.4. The molecule has 8 aromatic carbocycles. The molecule has 0 unspecified atom stereocenters. The van der Waals surface area contributed by atoms with Crippen molar-refractivity contribution in [2.24, 2.45) is 0 Å². The lowest BCUT2D eigenvalue weighted by Gasteiger charge is -2.14. The van der Waals surface area contributed by atoms with Crippen LogP contribution in [0.25, 0.3) is 112 Å². The van der Waals surface area contributed by atoms with Gasteiger partial charge in [0.1, 0.15) is 0 Å². The van der Waals surface area contributed by atoms with Gasteiger partial charge in [-0.15, -0.1) is 22.7 Å². The van der Waals surface area contributed by atoms with E-state index in [1.807, 2.05) is 11.3 Å². The number of hydrogen-bond donors (Lipinski definition) is 0. The number of thiophene rings is 2. The molecule has 0 saturated carbocycles. The Morgan fingerprint density at radius 1 is 0.431 bits per heavy atom. The van der Waals surface area contributed by atoms with Crippen molar-refractivity contribution >= 4 is 117 Å². The van der Waals surface area contributed by atoms with Crippen molar-refractivity contribution in [1.29, 1.82) is 0 Å². The van der Waals surface area contributed by atoms with Crippen molar-refractivity contribution < 1.29 is 0 Å². The largest absolute Gasteiger partial charge is 0.277 e. The lowest BCUT2D eigenvalue weighted by molar-refractivity contribution is 1.02. The maximum absolute atomic E-state index is 5.67. The topological polar surface area (TPSA) is 30.7 Å². The molecular formula is C46H25N3S2. The zero-order valence-corrected chi connectivity index (χ0v) is 28.7. The summed E-state index contributed by atoms with van der Waals surface area (Å²) in [7, 11) is 0. The molecule has 0 aliphatic carbocycles. The average molecular weight is 684 g/mol. The van der Waals surface area contributed by atoms with Crippen LogP contribution in [-0.2, 0) is 0 Å². The minimum Gasteiger partial charge on any atom is -0.277 e. The Labute approximate surface area is 299 Å². The Morgan fingerprint density at radius 2 is 1.02 bits per heavy atom. The number of benzene rings is 8. The van der Waals surface area contributed by atoms with Crippen LogP contribution in [0.15, 0.2) is 152 Å². The first-order valence-corrected chi connectivity index (χ1v) is 18.8. The van der Waals surface area contributed by atoms with Gasteiger partial charge in [0, 0.05) is 57.4 Å². The third kappa shape index (κ3) is 3.71. The molecule has 5 heteroatoms. The molecule has 0 aliphatic heterocycles. The van der Waals surface area contributed by atoms with Crippen LogP contribution in [0.4, 0.5) is 0 Å². The number of rotatable bonds is 2. The van der Waals surface area contributed by atoms with Crippen molar-refractivity contribution in [2.75, 3.05) is 0 Å². The maximum atomic E-state index is 5.67. The van der Waals surface area contributed by atoms with Crippen molar-refractivity contribution in [2.45, 2.75) is 0 Å². The van der Waals surface area contributed by atoms with Gasteiger partial charge in [-0.1, -0.05) is 127 Å². The molecule has 0 atom stereocenters. The summed E-state index contributed by atoms with van der Waals surface area (Å²) in [6.45, 7) is 0. The highest BCUT2D eigenvalue weighted by atomic mass is 32.1. The van der Waals surface area contributed by atoms with E-state index in [4.69, 9.17) is 9.97 Å². The number of hydrogen-bond acceptors (Lipinski definition) is 4. The molecule has 236 valence electrons. The van der Waals surface area contributed by atoms with Crippen molar-refractivity contribution in [3.05, 3.63) is 152 Å². The van der Waals surface area contributed by atoms with E-state index in [-0.39, 0.29) is 0 Å². The maximum Gasteiger partial charge on any atom is 0.235 e. The quantitative estimate of drug-likeness (QED) is 0.170. The lowest BCUT2D eigenvalue weighted by atomic mass is 9.95. The van der Waals surface area contributed by atoms with E-state index in [1.165, 1.54) is 68.0 Å². The fourth-order valence-corrected chi connectivity index (χ4v) is 10.8. The molecule has 0 saturated heterocycles. The van der Waals surface area contributed by atoms with E-state index in [1.54, 1.807) is 11.3 Å². The summed E-state index contributed by atoms with van der Waals surface area (Å²) in [5.41, 5.74) is 5.34. The highest BCUT2D eigenvalue weighted by Gasteiger charge is 2.25. The fourth-order valence-electron chi connectivity index (χ4n) is 8.44. The molecule has 12 aromatic rings. The molecule has 0 radical (unpaired) electrons. The smallest absolute Gasteiger partial charge is 0.235 e. The van der Waals surface area contributed by atoms with Gasteiger partial charge >= 0.3 is 0 Å². The van der Waals surface area contributed by atoms with Crippen molar-refractivity contribution in [3.8, 4) is 17.2 Å². The van der Waals surface area contributed by atoms with E-state index in [0.29, 0.717) is 5.95 Å². The van der Waals surface area contributed by atoms with Crippen LogP contribution in [0.3, 0.4) is 0 Å². The number of fused-ring (bicyclic) bond motifs is 16. The second-order valence-electron chi connectivity index (χ2n) is 13.3. The molecule has 4 heterocycles. The first kappa shape index (κ1) is 27.7. The molecule has 0 bridgehead atoms. The minimum absolute atomic E-state index is 0.688. The van der Waals surface area contributed by atoms with E-state index in [2.05, 4.69) is 156 Å². The minimum atomic E-state index is 0.688. The molecule has 0 fully saturated rings. The van der Waals surface area contributed by atoms with Gasteiger partial charge in [-0.25, -0.2) is 9.97 Å². The molecule has 0 aliphatic rings. The Morgan fingerprint density at radius 3 is 1.84 bits per heavy atom. The van der Waals surface area contributed by atoms with Crippen LogP contribution in [0.1, 0.15) is 0 Å². The van der Waals surface area contributed by atoms with Gasteiger partial charge in [0.25, 0.3) is 0 Å². The van der Waals surface area contributed by atoms with Gasteiger partial charge < -0.3 is 0 Å². The second kappa shape index (κ2) is 10.2. The molecule has 51 heavy (non-hydrogen) atoms. The monoisotopic (exact) mass is 683 g/mol. The highest BCUT2D eigenvalue weighted by molar-refractivity contribution is 7.27. The summed E-state index contributed by atoms with van der Waals surface area (Å²) in [5.74, 6) is 0.688. The zero-order valence-electron chi connectivity index (χ0n) is 27.1. The molecule has 0 amide bonds. The molecule has 4 aromatic heterocycles. The zero-order chi connectivity index (χ0) is 33.2. The number of para-hydroxylation sites is 1. The van der Waals surface area contributed by atoms with Gasteiger partial charge in [0.15, 0.2) is 0 Å². The Hall–Kier alpha value is -6.14. The standard InChI is InChI=1S/C46H25N3S2/c1-2-14-27-26(13-1)25-35(29-16-4-3-15-28(27)29)42-45-41(34-21-9-12-24-38(34)51-45)47-46(48-42)49-36-22-10-7-19-32(36)39-40-33-20-8-11-23-37(33)50-44(40)31-18-6-5-17-30(31)43(39)49/h1-25H. The van der Waals surface area contributed by atoms with Gasteiger partial charge in [0.2, 0.25) is 5.95 Å². The summed E-state index contributed by atoms with van der Waals surface area (Å²) in [6.07, 6.45) is 0. The van der Waals surface area contributed by atoms with Crippen LogP contribution in [-0.4, -0.2) is 14.5 Å². The number of nitrogens with zero attached hydrogens (tertiary/aromatic N) is 3. The van der Waals surface area contributed by atoms with Crippen LogP contribution in [0.5, 0.6) is 0 Å². The first-order valence-electron chi connectivity index (χ1n) is 17.2. The SMILES string of the molecule is c1ccc2c(c1)cc(-c1nc(-n3c4ccccc4c4c5c6ccccc6sc5c5ccccc5c43)nc3c1sc1ccccc13)c1ccccc12. The van der Waals surface area contributed by atoms with E-state index in [9.17, 15) is 0 Å². The highest BCUT2D eigenvalue weighted by Crippen LogP contribution is 2.49. The van der Waals surface area contributed by atoms with E-state index in [0.717, 1.165) is 37.9 Å². The predicted octanol–water partition coefficient (Wildman–Crippen LogP) is 13.4. The lowest BCUT2D eigenvalue weighted by Crippen LogP contribution is -2.03. The van der Waals surface area contributed by atoms with Gasteiger partial charge in [0.05, 0.1) is 26.9 Å². The average Bonchev–Trinajstić information content (AvgIpc) is 3.87. The molecule has 0 spiro atoms. The normalized spacial score (nSPS) is 12.3.